The van der Waals surface area contributed by atoms with Crippen molar-refractivity contribution >= 4 is 5.70 Å². The molecule has 0 atom stereocenters. The third kappa shape index (κ3) is 1.82. The Morgan fingerprint density at radius 3 is 2.76 bits per heavy atom. The minimum atomic E-state index is 1.05. The zero-order valence-corrected chi connectivity index (χ0v) is 10.4. The molecule has 0 N–H and O–H groups in total. The molecule has 17 heavy (non-hydrogen) atoms. The van der Waals surface area contributed by atoms with E-state index < -0.39 is 0 Å². The van der Waals surface area contributed by atoms with Crippen molar-refractivity contribution in [2.24, 2.45) is 0 Å². The lowest BCUT2D eigenvalue weighted by Crippen LogP contribution is -2.20. The molecule has 0 aromatic heterocycles. The van der Waals surface area contributed by atoms with Gasteiger partial charge in [-0.1, -0.05) is 18.2 Å². The van der Waals surface area contributed by atoms with Gasteiger partial charge in [-0.3, -0.25) is 0 Å². The van der Waals surface area contributed by atoms with E-state index in [2.05, 4.69) is 29.2 Å². The number of hydrogen-bond acceptors (Lipinski definition) is 2. The van der Waals surface area contributed by atoms with Crippen LogP contribution in [0.15, 0.2) is 24.3 Å². The molecule has 1 saturated heterocycles. The molecule has 1 heterocycles. The highest BCUT2D eigenvalue weighted by atomic mass is 16.5. The molecule has 1 aliphatic heterocycles. The molecule has 2 heteroatoms. The molecule has 1 fully saturated rings. The molecule has 1 aromatic carbocycles. The first-order chi connectivity index (χ1) is 8.40. The van der Waals surface area contributed by atoms with E-state index in [-0.39, 0.29) is 0 Å². The third-order valence-corrected chi connectivity index (χ3v) is 3.81. The molecule has 0 saturated carbocycles. The van der Waals surface area contributed by atoms with Gasteiger partial charge in [0.2, 0.25) is 0 Å². The fraction of sp³-hybridized carbons (Fsp3) is 0.467. The third-order valence-electron chi connectivity index (χ3n) is 3.81. The molecule has 0 radical (unpaired) electrons. The number of allylic oxidation sites excluding steroid dienone is 1. The lowest BCUT2D eigenvalue weighted by Gasteiger charge is -2.27. The number of likely N-dealkylation sites (tertiary alicyclic amines) is 1. The van der Waals surface area contributed by atoms with Gasteiger partial charge in [-0.05, 0) is 31.7 Å². The molecular weight excluding hydrogens is 210 g/mol. The van der Waals surface area contributed by atoms with Crippen LogP contribution in [0.2, 0.25) is 0 Å². The number of methoxy groups -OCH3 is 1. The van der Waals surface area contributed by atoms with Gasteiger partial charge < -0.3 is 9.64 Å². The van der Waals surface area contributed by atoms with E-state index in [0.29, 0.717) is 0 Å². The first-order valence-electron chi connectivity index (χ1n) is 6.51. The van der Waals surface area contributed by atoms with E-state index in [4.69, 9.17) is 4.74 Å². The largest absolute Gasteiger partial charge is 0.496 e. The fourth-order valence-electron chi connectivity index (χ4n) is 2.98. The second-order valence-corrected chi connectivity index (χ2v) is 4.81. The minimum absolute atomic E-state index is 1.05. The summed E-state index contributed by atoms with van der Waals surface area (Å²) in [6.45, 7) is 2.42. The standard InChI is InChI=1S/C15H19NO/c1-17-15-9-5-6-12-13(15)7-4-8-14(12)16-10-2-3-11-16/h5-6,8-9H,2-4,7,10-11H2,1H3. The zero-order chi connectivity index (χ0) is 11.7. The van der Waals surface area contributed by atoms with E-state index >= 15 is 0 Å². The number of ether oxygens (including phenoxy) is 1. The molecule has 0 amide bonds. The van der Waals surface area contributed by atoms with Gasteiger partial charge in [0, 0.05) is 29.9 Å². The van der Waals surface area contributed by atoms with Gasteiger partial charge in [0.25, 0.3) is 0 Å². The maximum Gasteiger partial charge on any atom is 0.122 e. The normalized spacial score (nSPS) is 18.9. The van der Waals surface area contributed by atoms with Crippen LogP contribution in [0.1, 0.15) is 30.4 Å². The van der Waals surface area contributed by atoms with Gasteiger partial charge in [0.1, 0.15) is 5.75 Å². The lowest BCUT2D eigenvalue weighted by molar-refractivity contribution is 0.408. The van der Waals surface area contributed by atoms with Crippen LogP contribution < -0.4 is 4.74 Å². The molecule has 0 unspecified atom stereocenters. The molecule has 3 rings (SSSR count). The van der Waals surface area contributed by atoms with Crippen LogP contribution in [0.5, 0.6) is 5.75 Å². The molecule has 0 bridgehead atoms. The van der Waals surface area contributed by atoms with Crippen LogP contribution in [0.25, 0.3) is 5.70 Å². The number of fused-ring (bicyclic) bond motifs is 1. The van der Waals surface area contributed by atoms with Crippen molar-refractivity contribution in [3.8, 4) is 5.75 Å². The number of nitrogens with zero attached hydrogens (tertiary/aromatic N) is 1. The molecule has 1 aliphatic carbocycles. The zero-order valence-electron chi connectivity index (χ0n) is 10.4. The van der Waals surface area contributed by atoms with Gasteiger partial charge in [-0.15, -0.1) is 0 Å². The summed E-state index contributed by atoms with van der Waals surface area (Å²) in [5.74, 6) is 1.05. The van der Waals surface area contributed by atoms with Crippen LogP contribution in [0, 0.1) is 0 Å². The Kier molecular flexibility index (Phi) is 2.79. The van der Waals surface area contributed by atoms with Gasteiger partial charge in [0.05, 0.1) is 7.11 Å². The Morgan fingerprint density at radius 1 is 1.18 bits per heavy atom. The summed E-state index contributed by atoms with van der Waals surface area (Å²) >= 11 is 0. The number of hydrogen-bond donors (Lipinski definition) is 0. The van der Waals surface area contributed by atoms with Crippen LogP contribution in [-0.2, 0) is 6.42 Å². The second-order valence-electron chi connectivity index (χ2n) is 4.81. The first-order valence-corrected chi connectivity index (χ1v) is 6.51. The lowest BCUT2D eigenvalue weighted by atomic mass is 9.93. The number of rotatable bonds is 2. The smallest absolute Gasteiger partial charge is 0.122 e. The molecule has 1 aromatic rings. The van der Waals surface area contributed by atoms with Gasteiger partial charge in [-0.25, -0.2) is 0 Å². The Balaban J connectivity index is 2.01. The molecule has 2 nitrogen and oxygen atoms in total. The van der Waals surface area contributed by atoms with Gasteiger partial charge >= 0.3 is 0 Å². The molecular formula is C15H19NO. The average molecular weight is 229 g/mol. The highest BCUT2D eigenvalue weighted by Crippen LogP contribution is 2.35. The summed E-state index contributed by atoms with van der Waals surface area (Å²) in [6, 6.07) is 6.42. The topological polar surface area (TPSA) is 12.5 Å². The quantitative estimate of drug-likeness (QED) is 0.772. The summed E-state index contributed by atoms with van der Waals surface area (Å²) in [7, 11) is 1.77. The van der Waals surface area contributed by atoms with E-state index in [1.165, 1.54) is 42.8 Å². The van der Waals surface area contributed by atoms with Crippen molar-refractivity contribution in [3.05, 3.63) is 35.4 Å². The highest BCUT2D eigenvalue weighted by molar-refractivity contribution is 5.71. The second kappa shape index (κ2) is 4.44. The summed E-state index contributed by atoms with van der Waals surface area (Å²) < 4.78 is 5.48. The number of benzene rings is 1. The summed E-state index contributed by atoms with van der Waals surface area (Å²) in [6.07, 6.45) is 7.30. The maximum atomic E-state index is 5.48. The first kappa shape index (κ1) is 10.7. The van der Waals surface area contributed by atoms with Crippen molar-refractivity contribution in [1.82, 2.24) is 4.90 Å². The Bertz CT molecular complexity index is 444. The average Bonchev–Trinajstić information content (AvgIpc) is 2.91. The van der Waals surface area contributed by atoms with Crippen molar-refractivity contribution in [2.75, 3.05) is 20.2 Å². The minimum Gasteiger partial charge on any atom is -0.496 e. The summed E-state index contributed by atoms with van der Waals surface area (Å²) in [5.41, 5.74) is 4.21. The van der Waals surface area contributed by atoms with E-state index in [9.17, 15) is 0 Å². The van der Waals surface area contributed by atoms with Crippen LogP contribution in [0.3, 0.4) is 0 Å². The van der Waals surface area contributed by atoms with Crippen molar-refractivity contribution < 1.29 is 4.74 Å². The Hall–Kier alpha value is -1.44. The van der Waals surface area contributed by atoms with E-state index in [0.717, 1.165) is 18.6 Å². The van der Waals surface area contributed by atoms with Crippen LogP contribution in [0.4, 0.5) is 0 Å². The summed E-state index contributed by atoms with van der Waals surface area (Å²) in [4.78, 5) is 2.53. The van der Waals surface area contributed by atoms with E-state index in [1.807, 2.05) is 0 Å². The molecule has 2 aliphatic rings. The fourth-order valence-corrected chi connectivity index (χ4v) is 2.98. The highest BCUT2D eigenvalue weighted by Gasteiger charge is 2.22. The van der Waals surface area contributed by atoms with Gasteiger partial charge in [-0.2, -0.15) is 0 Å². The van der Waals surface area contributed by atoms with Crippen LogP contribution >= 0.6 is 0 Å². The SMILES string of the molecule is COc1cccc2c1CCC=C2N1CCCC1. The van der Waals surface area contributed by atoms with Crippen molar-refractivity contribution in [3.63, 3.8) is 0 Å². The van der Waals surface area contributed by atoms with Gasteiger partial charge in [0.15, 0.2) is 0 Å². The predicted molar refractivity (Wildman–Crippen MR) is 70.1 cm³/mol. The maximum absolute atomic E-state index is 5.48. The monoisotopic (exact) mass is 229 g/mol. The molecule has 90 valence electrons. The van der Waals surface area contributed by atoms with E-state index in [1.54, 1.807) is 7.11 Å². The predicted octanol–water partition coefficient (Wildman–Crippen LogP) is 3.08. The van der Waals surface area contributed by atoms with Crippen molar-refractivity contribution in [2.45, 2.75) is 25.7 Å². The summed E-state index contributed by atoms with van der Waals surface area (Å²) in [5, 5.41) is 0. The van der Waals surface area contributed by atoms with Crippen LogP contribution in [-0.4, -0.2) is 25.1 Å². The Morgan fingerprint density at radius 2 is 2.00 bits per heavy atom. The Labute approximate surface area is 103 Å². The molecule has 0 spiro atoms. The van der Waals surface area contributed by atoms with Crippen molar-refractivity contribution in [1.29, 1.82) is 0 Å².